The van der Waals surface area contributed by atoms with Gasteiger partial charge in [0.25, 0.3) is 0 Å². The van der Waals surface area contributed by atoms with Crippen molar-refractivity contribution in [2.24, 2.45) is 5.92 Å². The highest BCUT2D eigenvalue weighted by atomic mass is 16.3. The fourth-order valence-electron chi connectivity index (χ4n) is 3.62. The molecule has 0 aromatic heterocycles. The van der Waals surface area contributed by atoms with Crippen LogP contribution in [0.15, 0.2) is 91.0 Å². The standard InChI is InChI=1S/C25H28O/c26-25(19-23-14-8-3-9-15-23)20-24(18-22-12-6-2-7-13-22)17-16-21-10-4-1-5-11-21/h1-15,24-26H,16-20H2/t24-,25+/m1/s1. The molecule has 0 unspecified atom stereocenters. The number of aryl methyl sites for hydroxylation is 1. The SMILES string of the molecule is O[C@@H](Cc1ccccc1)C[C@H](CCc1ccccc1)Cc1ccccc1. The molecule has 0 saturated heterocycles. The summed E-state index contributed by atoms with van der Waals surface area (Å²) in [6, 6.07) is 31.6. The molecule has 0 radical (unpaired) electrons. The topological polar surface area (TPSA) is 20.2 Å². The van der Waals surface area contributed by atoms with Gasteiger partial charge in [0.15, 0.2) is 0 Å². The zero-order valence-electron chi connectivity index (χ0n) is 15.3. The minimum atomic E-state index is -0.290. The van der Waals surface area contributed by atoms with Crippen LogP contribution in [-0.2, 0) is 19.3 Å². The van der Waals surface area contributed by atoms with Crippen LogP contribution in [0.25, 0.3) is 0 Å². The Morgan fingerprint density at radius 1 is 0.577 bits per heavy atom. The van der Waals surface area contributed by atoms with Gasteiger partial charge in [0.2, 0.25) is 0 Å². The van der Waals surface area contributed by atoms with Crippen LogP contribution < -0.4 is 0 Å². The third-order valence-electron chi connectivity index (χ3n) is 4.97. The van der Waals surface area contributed by atoms with Gasteiger partial charge in [-0.05, 0) is 54.7 Å². The molecule has 1 heteroatoms. The first-order valence-electron chi connectivity index (χ1n) is 9.59. The normalized spacial score (nSPS) is 13.3. The van der Waals surface area contributed by atoms with Gasteiger partial charge in [-0.2, -0.15) is 0 Å². The predicted octanol–water partition coefficient (Wildman–Crippen LogP) is 5.47. The number of benzene rings is 3. The van der Waals surface area contributed by atoms with Gasteiger partial charge >= 0.3 is 0 Å². The Morgan fingerprint density at radius 2 is 1.04 bits per heavy atom. The van der Waals surface area contributed by atoms with E-state index in [1.54, 1.807) is 0 Å². The minimum absolute atomic E-state index is 0.290. The molecule has 0 aliphatic heterocycles. The molecule has 3 aromatic carbocycles. The summed E-state index contributed by atoms with van der Waals surface area (Å²) in [7, 11) is 0. The molecule has 0 amide bonds. The van der Waals surface area contributed by atoms with Gasteiger partial charge in [-0.25, -0.2) is 0 Å². The minimum Gasteiger partial charge on any atom is -0.393 e. The van der Waals surface area contributed by atoms with E-state index in [0.717, 1.165) is 32.1 Å². The van der Waals surface area contributed by atoms with Crippen LogP contribution in [0, 0.1) is 5.92 Å². The summed E-state index contributed by atoms with van der Waals surface area (Å²) in [5, 5.41) is 10.6. The number of rotatable bonds is 9. The Labute approximate surface area is 157 Å². The molecular weight excluding hydrogens is 316 g/mol. The largest absolute Gasteiger partial charge is 0.393 e. The molecule has 3 aromatic rings. The third kappa shape index (κ3) is 6.16. The number of aliphatic hydroxyl groups excluding tert-OH is 1. The zero-order valence-corrected chi connectivity index (χ0v) is 15.3. The molecule has 0 aliphatic carbocycles. The van der Waals surface area contributed by atoms with Gasteiger partial charge < -0.3 is 5.11 Å². The molecule has 0 spiro atoms. The van der Waals surface area contributed by atoms with Crippen molar-refractivity contribution in [1.29, 1.82) is 0 Å². The maximum absolute atomic E-state index is 10.6. The van der Waals surface area contributed by atoms with Crippen molar-refractivity contribution in [3.63, 3.8) is 0 Å². The van der Waals surface area contributed by atoms with Crippen molar-refractivity contribution >= 4 is 0 Å². The molecule has 0 bridgehead atoms. The van der Waals surface area contributed by atoms with E-state index in [2.05, 4.69) is 72.8 Å². The van der Waals surface area contributed by atoms with Crippen LogP contribution in [0.2, 0.25) is 0 Å². The Balaban J connectivity index is 1.61. The Hall–Kier alpha value is -2.38. The van der Waals surface area contributed by atoms with Crippen LogP contribution in [0.4, 0.5) is 0 Å². The van der Waals surface area contributed by atoms with Gasteiger partial charge in [-0.15, -0.1) is 0 Å². The average Bonchev–Trinajstić information content (AvgIpc) is 2.68. The molecule has 1 nitrogen and oxygen atoms in total. The van der Waals surface area contributed by atoms with Crippen LogP contribution in [0.3, 0.4) is 0 Å². The molecule has 0 saturated carbocycles. The highest BCUT2D eigenvalue weighted by Crippen LogP contribution is 2.22. The first-order chi connectivity index (χ1) is 12.8. The maximum Gasteiger partial charge on any atom is 0.0583 e. The van der Waals surface area contributed by atoms with E-state index in [9.17, 15) is 5.11 Å². The van der Waals surface area contributed by atoms with E-state index in [-0.39, 0.29) is 6.10 Å². The van der Waals surface area contributed by atoms with E-state index < -0.39 is 0 Å². The Morgan fingerprint density at radius 3 is 1.58 bits per heavy atom. The Bertz CT molecular complexity index is 737. The molecule has 1 N–H and O–H groups in total. The van der Waals surface area contributed by atoms with Crippen LogP contribution in [-0.4, -0.2) is 11.2 Å². The molecule has 0 heterocycles. The molecule has 134 valence electrons. The van der Waals surface area contributed by atoms with Crippen LogP contribution >= 0.6 is 0 Å². The van der Waals surface area contributed by atoms with Gasteiger partial charge in [0.1, 0.15) is 0 Å². The van der Waals surface area contributed by atoms with Crippen molar-refractivity contribution in [2.45, 2.75) is 38.2 Å². The summed E-state index contributed by atoms with van der Waals surface area (Å²) in [5.41, 5.74) is 3.95. The summed E-state index contributed by atoms with van der Waals surface area (Å²) in [6.07, 6.45) is 4.48. The summed E-state index contributed by atoms with van der Waals surface area (Å²) in [4.78, 5) is 0. The van der Waals surface area contributed by atoms with Gasteiger partial charge in [0.05, 0.1) is 6.10 Å². The molecule has 3 rings (SSSR count). The van der Waals surface area contributed by atoms with Crippen molar-refractivity contribution < 1.29 is 5.11 Å². The highest BCUT2D eigenvalue weighted by Gasteiger charge is 2.16. The zero-order chi connectivity index (χ0) is 18.0. The maximum atomic E-state index is 10.6. The highest BCUT2D eigenvalue weighted by molar-refractivity contribution is 5.18. The first kappa shape index (κ1) is 18.4. The van der Waals surface area contributed by atoms with Crippen LogP contribution in [0.1, 0.15) is 29.5 Å². The summed E-state index contributed by atoms with van der Waals surface area (Å²) < 4.78 is 0. The molecular formula is C25H28O. The molecule has 2 atom stereocenters. The van der Waals surface area contributed by atoms with Crippen molar-refractivity contribution in [2.75, 3.05) is 0 Å². The number of hydrogen-bond donors (Lipinski definition) is 1. The molecule has 0 fully saturated rings. The summed E-state index contributed by atoms with van der Waals surface area (Å²) in [6.45, 7) is 0. The smallest absolute Gasteiger partial charge is 0.0583 e. The second-order valence-corrected chi connectivity index (χ2v) is 7.16. The second-order valence-electron chi connectivity index (χ2n) is 7.16. The molecule has 0 aliphatic rings. The fourth-order valence-corrected chi connectivity index (χ4v) is 3.62. The number of hydrogen-bond acceptors (Lipinski definition) is 1. The van der Waals surface area contributed by atoms with E-state index in [4.69, 9.17) is 0 Å². The van der Waals surface area contributed by atoms with Gasteiger partial charge in [-0.1, -0.05) is 91.0 Å². The Kier molecular flexibility index (Phi) is 7.04. The van der Waals surface area contributed by atoms with E-state index >= 15 is 0 Å². The van der Waals surface area contributed by atoms with E-state index in [1.807, 2.05) is 18.2 Å². The predicted molar refractivity (Wildman–Crippen MR) is 109 cm³/mol. The lowest BCUT2D eigenvalue weighted by molar-refractivity contribution is 0.139. The quantitative estimate of drug-likeness (QED) is 0.545. The van der Waals surface area contributed by atoms with Gasteiger partial charge in [0, 0.05) is 0 Å². The third-order valence-corrected chi connectivity index (χ3v) is 4.97. The monoisotopic (exact) mass is 344 g/mol. The van der Waals surface area contributed by atoms with Crippen molar-refractivity contribution in [3.8, 4) is 0 Å². The first-order valence-corrected chi connectivity index (χ1v) is 9.59. The van der Waals surface area contributed by atoms with Crippen LogP contribution in [0.5, 0.6) is 0 Å². The van der Waals surface area contributed by atoms with Gasteiger partial charge in [-0.3, -0.25) is 0 Å². The summed E-state index contributed by atoms with van der Waals surface area (Å²) >= 11 is 0. The van der Waals surface area contributed by atoms with Crippen molar-refractivity contribution in [3.05, 3.63) is 108 Å². The lowest BCUT2D eigenvalue weighted by Crippen LogP contribution is -2.18. The lowest BCUT2D eigenvalue weighted by atomic mass is 9.87. The number of aliphatic hydroxyl groups is 1. The second kappa shape index (κ2) is 9.94. The average molecular weight is 344 g/mol. The van der Waals surface area contributed by atoms with E-state index in [1.165, 1.54) is 16.7 Å². The van der Waals surface area contributed by atoms with E-state index in [0.29, 0.717) is 5.92 Å². The lowest BCUT2D eigenvalue weighted by Gasteiger charge is -2.21. The molecule has 26 heavy (non-hydrogen) atoms. The fraction of sp³-hybridized carbons (Fsp3) is 0.280. The van der Waals surface area contributed by atoms with Crippen molar-refractivity contribution in [1.82, 2.24) is 0 Å². The summed E-state index contributed by atoms with van der Waals surface area (Å²) in [5.74, 6) is 0.483.